The number of nitrogens with zero attached hydrogens (tertiary/aromatic N) is 2. The third-order valence-electron chi connectivity index (χ3n) is 4.30. The predicted octanol–water partition coefficient (Wildman–Crippen LogP) is 5.02. The van der Waals surface area contributed by atoms with Crippen LogP contribution in [0.15, 0.2) is 73.1 Å². The van der Waals surface area contributed by atoms with E-state index in [9.17, 15) is 4.79 Å². The van der Waals surface area contributed by atoms with Crippen LogP contribution in [-0.4, -0.2) is 27.7 Å². The Morgan fingerprint density at radius 3 is 2.52 bits per heavy atom. The molecule has 126 valence electrons. The Morgan fingerprint density at radius 1 is 1.04 bits per heavy atom. The van der Waals surface area contributed by atoms with Gasteiger partial charge in [-0.2, -0.15) is 0 Å². The van der Waals surface area contributed by atoms with Gasteiger partial charge in [-0.1, -0.05) is 23.7 Å². The minimum absolute atomic E-state index is 0.0234. The molecule has 1 aliphatic rings. The fraction of sp³-hybridized carbons (Fsp3) is 0.150. The van der Waals surface area contributed by atoms with E-state index in [0.29, 0.717) is 10.6 Å². The minimum atomic E-state index is 0.0234. The second-order valence-corrected chi connectivity index (χ2v) is 7.54. The van der Waals surface area contributed by atoms with Crippen LogP contribution in [0.1, 0.15) is 21.3 Å². The Labute approximate surface area is 156 Å². The van der Waals surface area contributed by atoms with E-state index in [1.54, 1.807) is 11.8 Å². The summed E-state index contributed by atoms with van der Waals surface area (Å²) < 4.78 is 2.02. The molecule has 4 rings (SSSR count). The maximum Gasteiger partial charge on any atom is 0.255 e. The Morgan fingerprint density at radius 2 is 1.80 bits per heavy atom. The Kier molecular flexibility index (Phi) is 4.55. The maximum absolute atomic E-state index is 13.0. The van der Waals surface area contributed by atoms with E-state index in [1.165, 1.54) is 0 Å². The molecule has 5 heteroatoms. The molecule has 1 atom stereocenters. The van der Waals surface area contributed by atoms with Crippen molar-refractivity contribution < 1.29 is 4.79 Å². The molecule has 1 saturated heterocycles. The molecular weight excluding hydrogens is 352 g/mol. The number of rotatable bonds is 3. The van der Waals surface area contributed by atoms with Crippen molar-refractivity contribution in [1.29, 1.82) is 0 Å². The quantitative estimate of drug-likeness (QED) is 0.648. The minimum Gasteiger partial charge on any atom is -0.324 e. The molecule has 0 aliphatic carbocycles. The molecule has 1 aromatic heterocycles. The molecule has 1 unspecified atom stereocenters. The van der Waals surface area contributed by atoms with Gasteiger partial charge in [0.1, 0.15) is 5.37 Å². The Bertz CT molecular complexity index is 877. The highest BCUT2D eigenvalue weighted by molar-refractivity contribution is 7.99. The number of carbonyl (C=O) groups is 1. The topological polar surface area (TPSA) is 25.2 Å². The van der Waals surface area contributed by atoms with Crippen molar-refractivity contribution in [3.05, 3.63) is 89.2 Å². The average molecular weight is 369 g/mol. The number of benzene rings is 2. The molecule has 25 heavy (non-hydrogen) atoms. The van der Waals surface area contributed by atoms with Gasteiger partial charge in [-0.05, 0) is 54.1 Å². The monoisotopic (exact) mass is 368 g/mol. The van der Waals surface area contributed by atoms with Crippen molar-refractivity contribution in [2.75, 3.05) is 12.3 Å². The number of hydrogen-bond acceptors (Lipinski definition) is 2. The molecule has 0 saturated carbocycles. The first-order chi connectivity index (χ1) is 12.2. The first-order valence-corrected chi connectivity index (χ1v) is 9.56. The second kappa shape index (κ2) is 6.98. The van der Waals surface area contributed by atoms with Crippen LogP contribution in [0.3, 0.4) is 0 Å². The lowest BCUT2D eigenvalue weighted by Gasteiger charge is -2.24. The van der Waals surface area contributed by atoms with E-state index < -0.39 is 0 Å². The van der Waals surface area contributed by atoms with Crippen LogP contribution >= 0.6 is 23.4 Å². The molecular formula is C20H17ClN2OS. The van der Waals surface area contributed by atoms with Crippen LogP contribution in [-0.2, 0) is 0 Å². The summed E-state index contributed by atoms with van der Waals surface area (Å²) in [5.74, 6) is 0.999. The molecule has 3 nitrogen and oxygen atoms in total. The summed E-state index contributed by atoms with van der Waals surface area (Å²) in [6, 6.07) is 19.5. The van der Waals surface area contributed by atoms with Gasteiger partial charge in [0.25, 0.3) is 5.91 Å². The number of hydrogen-bond donors (Lipinski definition) is 0. The molecule has 0 bridgehead atoms. The zero-order chi connectivity index (χ0) is 17.2. The molecule has 1 amide bonds. The van der Waals surface area contributed by atoms with E-state index >= 15 is 0 Å². The lowest BCUT2D eigenvalue weighted by molar-refractivity contribution is 0.0760. The smallest absolute Gasteiger partial charge is 0.255 e. The molecule has 1 fully saturated rings. The molecule has 0 radical (unpaired) electrons. The lowest BCUT2D eigenvalue weighted by Crippen LogP contribution is -2.30. The van der Waals surface area contributed by atoms with Crippen molar-refractivity contribution in [2.24, 2.45) is 0 Å². The van der Waals surface area contributed by atoms with Gasteiger partial charge in [0.05, 0.1) is 0 Å². The largest absolute Gasteiger partial charge is 0.324 e. The number of carbonyl (C=O) groups excluding carboxylic acids is 1. The van der Waals surface area contributed by atoms with Gasteiger partial charge in [0.2, 0.25) is 0 Å². The lowest BCUT2D eigenvalue weighted by atomic mass is 10.1. The van der Waals surface area contributed by atoms with E-state index in [0.717, 1.165) is 23.5 Å². The third-order valence-corrected chi connectivity index (χ3v) is 5.80. The zero-order valence-electron chi connectivity index (χ0n) is 13.5. The summed E-state index contributed by atoms with van der Waals surface area (Å²) in [7, 11) is 0. The second-order valence-electron chi connectivity index (χ2n) is 5.91. The van der Waals surface area contributed by atoms with Crippen LogP contribution in [0.25, 0.3) is 5.69 Å². The highest BCUT2D eigenvalue weighted by Gasteiger charge is 2.31. The van der Waals surface area contributed by atoms with Crippen molar-refractivity contribution in [1.82, 2.24) is 9.47 Å². The van der Waals surface area contributed by atoms with Crippen molar-refractivity contribution in [3.63, 3.8) is 0 Å². The standard InChI is InChI=1S/C20H17ClN2OS/c21-17-5-3-4-16(14-17)20-23(12-13-25-20)19(24)15-6-8-18(9-7-15)22-10-1-2-11-22/h1-11,14,20H,12-13H2. The highest BCUT2D eigenvalue weighted by atomic mass is 35.5. The van der Waals surface area contributed by atoms with E-state index in [1.807, 2.05) is 82.5 Å². The van der Waals surface area contributed by atoms with Gasteiger partial charge in [-0.3, -0.25) is 4.79 Å². The summed E-state index contributed by atoms with van der Waals surface area (Å²) in [5.41, 5.74) is 2.83. The number of halogens is 1. The summed E-state index contributed by atoms with van der Waals surface area (Å²) in [6.07, 6.45) is 3.98. The van der Waals surface area contributed by atoms with Crippen LogP contribution in [0.4, 0.5) is 0 Å². The zero-order valence-corrected chi connectivity index (χ0v) is 15.1. The van der Waals surface area contributed by atoms with E-state index in [4.69, 9.17) is 11.6 Å². The first kappa shape index (κ1) is 16.3. The summed E-state index contributed by atoms with van der Waals surface area (Å²) >= 11 is 7.90. The van der Waals surface area contributed by atoms with Gasteiger partial charge in [0.15, 0.2) is 0 Å². The highest BCUT2D eigenvalue weighted by Crippen LogP contribution is 2.39. The summed E-state index contributed by atoms with van der Waals surface area (Å²) in [5, 5.41) is 0.726. The van der Waals surface area contributed by atoms with Crippen molar-refractivity contribution in [3.8, 4) is 5.69 Å². The van der Waals surface area contributed by atoms with Crippen LogP contribution in [0.5, 0.6) is 0 Å². The Hall–Kier alpha value is -2.17. The molecule has 2 heterocycles. The van der Waals surface area contributed by atoms with Crippen molar-refractivity contribution >= 4 is 29.3 Å². The summed E-state index contributed by atoms with van der Waals surface area (Å²) in [6.45, 7) is 0.750. The normalized spacial score (nSPS) is 17.0. The predicted molar refractivity (Wildman–Crippen MR) is 103 cm³/mol. The number of aromatic nitrogens is 1. The van der Waals surface area contributed by atoms with Crippen molar-refractivity contribution in [2.45, 2.75) is 5.37 Å². The van der Waals surface area contributed by atoms with Crippen LogP contribution in [0, 0.1) is 0 Å². The number of thioether (sulfide) groups is 1. The van der Waals surface area contributed by atoms with E-state index in [-0.39, 0.29) is 11.3 Å². The SMILES string of the molecule is O=C(c1ccc(-n2cccc2)cc1)N1CCSC1c1cccc(Cl)c1. The van der Waals surface area contributed by atoms with Crippen LogP contribution < -0.4 is 0 Å². The number of amides is 1. The van der Waals surface area contributed by atoms with Gasteiger partial charge >= 0.3 is 0 Å². The van der Waals surface area contributed by atoms with Gasteiger partial charge in [-0.25, -0.2) is 0 Å². The Balaban J connectivity index is 1.57. The first-order valence-electron chi connectivity index (χ1n) is 8.14. The summed E-state index contributed by atoms with van der Waals surface area (Å²) in [4.78, 5) is 14.9. The molecule has 3 aromatic rings. The average Bonchev–Trinajstić information content (AvgIpc) is 3.33. The molecule has 2 aromatic carbocycles. The van der Waals surface area contributed by atoms with Gasteiger partial charge in [0, 0.05) is 41.0 Å². The fourth-order valence-electron chi connectivity index (χ4n) is 3.06. The van der Waals surface area contributed by atoms with Crippen LogP contribution in [0.2, 0.25) is 5.02 Å². The van der Waals surface area contributed by atoms with E-state index in [2.05, 4.69) is 0 Å². The molecule has 0 spiro atoms. The maximum atomic E-state index is 13.0. The van der Waals surface area contributed by atoms with Gasteiger partial charge in [-0.15, -0.1) is 11.8 Å². The van der Waals surface area contributed by atoms with Gasteiger partial charge < -0.3 is 9.47 Å². The fourth-order valence-corrected chi connectivity index (χ4v) is 4.51. The molecule has 0 N–H and O–H groups in total. The molecule has 1 aliphatic heterocycles. The third kappa shape index (κ3) is 3.32.